The van der Waals surface area contributed by atoms with Crippen LogP contribution in [0.3, 0.4) is 0 Å². The summed E-state index contributed by atoms with van der Waals surface area (Å²) >= 11 is 7.28. The first-order chi connectivity index (χ1) is 14.3. The molecule has 0 saturated heterocycles. The molecule has 0 radical (unpaired) electrons. The zero-order valence-corrected chi connectivity index (χ0v) is 18.1. The third kappa shape index (κ3) is 3.62. The highest BCUT2D eigenvalue weighted by Gasteiger charge is 2.41. The van der Waals surface area contributed by atoms with Crippen molar-refractivity contribution in [3.63, 3.8) is 0 Å². The Balaban J connectivity index is 1.77. The van der Waals surface area contributed by atoms with Crippen molar-refractivity contribution in [2.24, 2.45) is 0 Å². The molecule has 1 aliphatic heterocycles. The highest BCUT2D eigenvalue weighted by Crippen LogP contribution is 2.39. The summed E-state index contributed by atoms with van der Waals surface area (Å²) in [4.78, 5) is 12.9. The van der Waals surface area contributed by atoms with Crippen molar-refractivity contribution in [2.75, 3.05) is 9.62 Å². The van der Waals surface area contributed by atoms with Crippen LogP contribution in [0.25, 0.3) is 0 Å². The van der Waals surface area contributed by atoms with Gasteiger partial charge in [0.25, 0.3) is 10.0 Å². The first-order valence-corrected chi connectivity index (χ1v) is 11.6. The number of nitrogens with one attached hydrogen (secondary N) is 1. The molecule has 154 valence electrons. The van der Waals surface area contributed by atoms with E-state index in [1.54, 1.807) is 42.6 Å². The molecular formula is C21H16ClFN2O3S2. The maximum atomic E-state index is 13.6. The molecule has 0 bridgehead atoms. The van der Waals surface area contributed by atoms with Gasteiger partial charge in [0.2, 0.25) is 5.78 Å². The third-order valence-corrected chi connectivity index (χ3v) is 7.83. The number of Topliss-reactive ketones (excluding diaryl/α,β-unsaturated/α-hetero) is 1. The third-order valence-electron chi connectivity index (χ3n) is 4.75. The molecule has 3 aromatic rings. The number of anilines is 2. The van der Waals surface area contributed by atoms with Crippen molar-refractivity contribution in [3.8, 4) is 0 Å². The fourth-order valence-corrected chi connectivity index (χ4v) is 5.82. The lowest BCUT2D eigenvalue weighted by Crippen LogP contribution is -2.38. The van der Waals surface area contributed by atoms with E-state index in [0.29, 0.717) is 26.8 Å². The Morgan fingerprint density at radius 1 is 1.20 bits per heavy atom. The molecule has 9 heteroatoms. The van der Waals surface area contributed by atoms with Gasteiger partial charge in [-0.05, 0) is 53.8 Å². The van der Waals surface area contributed by atoms with E-state index in [0.717, 1.165) is 21.2 Å². The van der Waals surface area contributed by atoms with Crippen LogP contribution in [0, 0.1) is 12.7 Å². The van der Waals surface area contributed by atoms with Crippen LogP contribution in [0.4, 0.5) is 15.8 Å². The van der Waals surface area contributed by atoms with Gasteiger partial charge in [-0.2, -0.15) is 0 Å². The molecule has 0 spiro atoms. The molecule has 0 aliphatic carbocycles. The number of halogens is 2. The summed E-state index contributed by atoms with van der Waals surface area (Å²) in [7, 11) is -4.17. The smallest absolute Gasteiger partial charge is 0.270 e. The van der Waals surface area contributed by atoms with Crippen molar-refractivity contribution in [1.29, 1.82) is 0 Å². The van der Waals surface area contributed by atoms with Crippen LogP contribution in [0.15, 0.2) is 65.0 Å². The van der Waals surface area contributed by atoms with Gasteiger partial charge in [0.05, 0.1) is 12.2 Å². The monoisotopic (exact) mass is 462 g/mol. The van der Waals surface area contributed by atoms with Gasteiger partial charge < -0.3 is 5.32 Å². The minimum Gasteiger partial charge on any atom is -0.360 e. The van der Waals surface area contributed by atoms with Gasteiger partial charge in [0, 0.05) is 16.9 Å². The topological polar surface area (TPSA) is 66.5 Å². The Morgan fingerprint density at radius 3 is 2.73 bits per heavy atom. The Labute approximate surface area is 182 Å². The predicted octanol–water partition coefficient (Wildman–Crippen LogP) is 5.34. The molecular weight excluding hydrogens is 447 g/mol. The number of sulfonamides is 1. The summed E-state index contributed by atoms with van der Waals surface area (Å²) in [6.45, 7) is 1.69. The molecule has 1 N–H and O–H groups in total. The maximum Gasteiger partial charge on any atom is 0.270 e. The molecule has 1 aliphatic rings. The first-order valence-electron chi connectivity index (χ1n) is 8.90. The fraction of sp³-hybridized carbons (Fsp3) is 0.0952. The number of nitrogens with zero attached hydrogens (tertiary/aromatic N) is 1. The lowest BCUT2D eigenvalue weighted by atomic mass is 10.2. The van der Waals surface area contributed by atoms with Crippen molar-refractivity contribution in [2.45, 2.75) is 13.5 Å². The Morgan fingerprint density at radius 2 is 1.97 bits per heavy atom. The van der Waals surface area contributed by atoms with E-state index < -0.39 is 21.6 Å². The Kier molecular flexibility index (Phi) is 5.40. The van der Waals surface area contributed by atoms with E-state index >= 15 is 0 Å². The summed E-state index contributed by atoms with van der Waals surface area (Å²) in [6.07, 6.45) is 1.19. The molecule has 0 atom stereocenters. The predicted molar refractivity (Wildman–Crippen MR) is 118 cm³/mol. The van der Waals surface area contributed by atoms with Crippen LogP contribution in [-0.4, -0.2) is 14.2 Å². The molecule has 30 heavy (non-hydrogen) atoms. The van der Waals surface area contributed by atoms with Gasteiger partial charge in [-0.3, -0.25) is 9.10 Å². The molecule has 2 heterocycles. The number of hydrogen-bond donors (Lipinski definition) is 1. The molecule has 2 aromatic carbocycles. The van der Waals surface area contributed by atoms with Crippen molar-refractivity contribution < 1.29 is 17.6 Å². The zero-order chi connectivity index (χ0) is 21.5. The largest absolute Gasteiger partial charge is 0.360 e. The number of rotatable bonds is 4. The van der Waals surface area contributed by atoms with E-state index in [1.165, 1.54) is 24.4 Å². The van der Waals surface area contributed by atoms with Crippen LogP contribution in [-0.2, 0) is 16.6 Å². The number of carbonyl (C=O) groups is 1. The highest BCUT2D eigenvalue weighted by atomic mass is 35.5. The molecule has 0 saturated carbocycles. The Hall–Kier alpha value is -2.68. The number of ketones is 1. The Bertz CT molecular complexity index is 1280. The average Bonchev–Trinajstić information content (AvgIpc) is 3.18. The second-order valence-electron chi connectivity index (χ2n) is 6.67. The normalized spacial score (nSPS) is 16.6. The van der Waals surface area contributed by atoms with E-state index in [1.807, 2.05) is 0 Å². The quantitative estimate of drug-likeness (QED) is 0.532. The molecule has 0 unspecified atom stereocenters. The minimum absolute atomic E-state index is 0.0926. The van der Waals surface area contributed by atoms with Crippen molar-refractivity contribution in [3.05, 3.63) is 91.9 Å². The SMILES string of the molecule is Cc1c(Cl)cccc1NC=C1C(=O)c2sccc2N(Cc2cccc(F)c2)S1(=O)=O. The summed E-state index contributed by atoms with van der Waals surface area (Å²) in [6, 6.07) is 12.5. The van der Waals surface area contributed by atoms with Gasteiger partial charge in [0.1, 0.15) is 10.7 Å². The molecule has 5 nitrogen and oxygen atoms in total. The summed E-state index contributed by atoms with van der Waals surface area (Å²) < 4.78 is 41.4. The first kappa shape index (κ1) is 20.6. The van der Waals surface area contributed by atoms with E-state index in [4.69, 9.17) is 11.6 Å². The second kappa shape index (κ2) is 7.86. The number of hydrogen-bond acceptors (Lipinski definition) is 5. The molecule has 1 aromatic heterocycles. The second-order valence-corrected chi connectivity index (χ2v) is 9.83. The molecule has 4 rings (SSSR count). The number of carbonyl (C=O) groups excluding carboxylic acids is 1. The average molecular weight is 463 g/mol. The van der Waals surface area contributed by atoms with Crippen molar-refractivity contribution in [1.82, 2.24) is 0 Å². The van der Waals surface area contributed by atoms with Crippen LogP contribution in [0.1, 0.15) is 20.8 Å². The van der Waals surface area contributed by atoms with E-state index in [9.17, 15) is 17.6 Å². The van der Waals surface area contributed by atoms with Gasteiger partial charge in [-0.1, -0.05) is 29.8 Å². The van der Waals surface area contributed by atoms with E-state index in [-0.39, 0.29) is 11.4 Å². The van der Waals surface area contributed by atoms with Gasteiger partial charge in [0.15, 0.2) is 4.91 Å². The fourth-order valence-electron chi connectivity index (χ4n) is 3.16. The summed E-state index contributed by atoms with van der Waals surface area (Å²) in [5.41, 5.74) is 2.09. The lowest BCUT2D eigenvalue weighted by Gasteiger charge is -2.29. The number of benzene rings is 2. The maximum absolute atomic E-state index is 13.6. The van der Waals surface area contributed by atoms with Crippen LogP contribution in [0.2, 0.25) is 5.02 Å². The molecule has 0 amide bonds. The van der Waals surface area contributed by atoms with E-state index in [2.05, 4.69) is 5.32 Å². The standard InChI is InChI=1S/C21H16ClFN2O3S2/c1-13-16(22)6-3-7-17(13)24-11-19-20(26)21-18(8-9-29-21)25(30(19,27)28)12-14-4-2-5-15(23)10-14/h2-11,24H,12H2,1H3. The minimum atomic E-state index is -4.17. The summed E-state index contributed by atoms with van der Waals surface area (Å²) in [5, 5.41) is 5.08. The number of allylic oxidation sites excluding steroid dienone is 1. The lowest BCUT2D eigenvalue weighted by molar-refractivity contribution is 0.104. The molecule has 0 fully saturated rings. The van der Waals surface area contributed by atoms with Gasteiger partial charge >= 0.3 is 0 Å². The van der Waals surface area contributed by atoms with Crippen LogP contribution in [0.5, 0.6) is 0 Å². The summed E-state index contributed by atoms with van der Waals surface area (Å²) in [5.74, 6) is -1.04. The van der Waals surface area contributed by atoms with Crippen LogP contribution < -0.4 is 9.62 Å². The van der Waals surface area contributed by atoms with Crippen molar-refractivity contribution >= 4 is 50.1 Å². The van der Waals surface area contributed by atoms with Crippen LogP contribution >= 0.6 is 22.9 Å². The number of thiophene rings is 1. The number of fused-ring (bicyclic) bond motifs is 1. The zero-order valence-electron chi connectivity index (χ0n) is 15.7. The highest BCUT2D eigenvalue weighted by molar-refractivity contribution is 7.97. The van der Waals surface area contributed by atoms with Gasteiger partial charge in [-0.15, -0.1) is 11.3 Å². The van der Waals surface area contributed by atoms with Gasteiger partial charge in [-0.25, -0.2) is 12.8 Å².